The molecule has 2 aromatic heterocycles. The molecule has 2 aliphatic heterocycles. The fourth-order valence-electron chi connectivity index (χ4n) is 9.86. The maximum Gasteiger partial charge on any atom is 0.113 e. The lowest BCUT2D eigenvalue weighted by molar-refractivity contribution is 0.596. The molecule has 0 aliphatic carbocycles. The van der Waals surface area contributed by atoms with Crippen molar-refractivity contribution in [2.75, 3.05) is 4.90 Å². The Morgan fingerprint density at radius 1 is 0.467 bits per heavy atom. The van der Waals surface area contributed by atoms with Crippen molar-refractivity contribution in [2.24, 2.45) is 4.99 Å². The molecule has 0 spiro atoms. The standard InChI is InChI=1S/C55H42N4S/c1-55(2,3)47-34-48-49(50-54(59(48)40-22-14-7-15-23-40)60-53(56-50)35-16-8-4-9-17-35)41-26-24-37(33-46(41)47)36-25-27-42-45(32-36)43-28-30-57(38-18-10-5-11-19-38)52(43)44-29-31-58(51(42)44)39-20-12-6-13-21-39/h4-34,50,54H,1-3H3. The average Bonchev–Trinajstić information content (AvgIpc) is 4.09. The van der Waals surface area contributed by atoms with Crippen molar-refractivity contribution < 1.29 is 0 Å². The number of nitrogens with zero attached hydrogens (tertiary/aromatic N) is 4. The maximum absolute atomic E-state index is 5.53. The summed E-state index contributed by atoms with van der Waals surface area (Å²) in [6.07, 6.45) is 4.46. The number of aliphatic imine (C=N–C) groups is 1. The number of hydrogen-bond acceptors (Lipinski definition) is 3. The molecule has 5 heteroatoms. The molecule has 2 unspecified atom stereocenters. The van der Waals surface area contributed by atoms with Crippen LogP contribution in [-0.2, 0) is 5.41 Å². The van der Waals surface area contributed by atoms with E-state index in [9.17, 15) is 0 Å². The van der Waals surface area contributed by atoms with Crippen LogP contribution in [0.2, 0.25) is 0 Å². The molecule has 0 fully saturated rings. The molecular weight excluding hydrogens is 749 g/mol. The quantitative estimate of drug-likeness (QED) is 0.173. The number of aromatic nitrogens is 2. The fourth-order valence-corrected chi connectivity index (χ4v) is 11.2. The summed E-state index contributed by atoms with van der Waals surface area (Å²) in [5.41, 5.74) is 13.4. The second-order valence-corrected chi connectivity index (χ2v) is 18.3. The van der Waals surface area contributed by atoms with E-state index in [2.05, 4.69) is 223 Å². The van der Waals surface area contributed by atoms with E-state index in [1.54, 1.807) is 0 Å². The molecule has 4 heterocycles. The first-order valence-electron chi connectivity index (χ1n) is 20.9. The molecule has 0 bridgehead atoms. The van der Waals surface area contributed by atoms with Crippen LogP contribution in [0.3, 0.4) is 0 Å². The minimum atomic E-state index is -0.0953. The van der Waals surface area contributed by atoms with Gasteiger partial charge in [-0.25, -0.2) is 0 Å². The molecule has 2 atom stereocenters. The Morgan fingerprint density at radius 2 is 0.983 bits per heavy atom. The zero-order valence-corrected chi connectivity index (χ0v) is 34.6. The van der Waals surface area contributed by atoms with Gasteiger partial charge in [0.2, 0.25) is 0 Å². The third-order valence-electron chi connectivity index (χ3n) is 12.6. The number of hydrogen-bond donors (Lipinski definition) is 0. The van der Waals surface area contributed by atoms with Gasteiger partial charge < -0.3 is 14.0 Å². The van der Waals surface area contributed by atoms with Gasteiger partial charge in [-0.1, -0.05) is 142 Å². The van der Waals surface area contributed by atoms with Crippen LogP contribution in [0.25, 0.3) is 65.9 Å². The number of anilines is 2. The van der Waals surface area contributed by atoms with Crippen LogP contribution in [-0.4, -0.2) is 19.6 Å². The second-order valence-electron chi connectivity index (χ2n) is 17.2. The van der Waals surface area contributed by atoms with Crippen molar-refractivity contribution >= 4 is 71.5 Å². The Balaban J connectivity index is 1.08. The van der Waals surface area contributed by atoms with E-state index < -0.39 is 0 Å². The van der Waals surface area contributed by atoms with E-state index in [0.29, 0.717) is 0 Å². The van der Waals surface area contributed by atoms with Crippen molar-refractivity contribution in [3.63, 3.8) is 0 Å². The van der Waals surface area contributed by atoms with Crippen LogP contribution in [0.15, 0.2) is 193 Å². The molecule has 12 rings (SSSR count). The first kappa shape index (κ1) is 35.2. The number of thioether (sulfide) groups is 1. The molecule has 2 aliphatic rings. The molecule has 288 valence electrons. The van der Waals surface area contributed by atoms with Gasteiger partial charge in [0.15, 0.2) is 0 Å². The van der Waals surface area contributed by atoms with Crippen LogP contribution in [0, 0.1) is 0 Å². The zero-order valence-electron chi connectivity index (χ0n) is 33.7. The molecule has 0 saturated heterocycles. The monoisotopic (exact) mass is 790 g/mol. The molecule has 0 saturated carbocycles. The fraction of sp³-hybridized carbons (Fsp3) is 0.109. The normalized spacial score (nSPS) is 16.2. The summed E-state index contributed by atoms with van der Waals surface area (Å²) < 4.78 is 4.70. The highest BCUT2D eigenvalue weighted by Crippen LogP contribution is 2.57. The first-order chi connectivity index (χ1) is 29.4. The molecule has 0 amide bonds. The van der Waals surface area contributed by atoms with E-state index in [-0.39, 0.29) is 16.8 Å². The van der Waals surface area contributed by atoms with E-state index in [1.807, 2.05) is 11.8 Å². The van der Waals surface area contributed by atoms with E-state index >= 15 is 0 Å². The highest BCUT2D eigenvalue weighted by molar-refractivity contribution is 8.15. The van der Waals surface area contributed by atoms with E-state index in [4.69, 9.17) is 4.99 Å². The van der Waals surface area contributed by atoms with Gasteiger partial charge in [-0.05, 0) is 105 Å². The maximum atomic E-state index is 5.53. The van der Waals surface area contributed by atoms with Crippen LogP contribution < -0.4 is 4.90 Å². The Morgan fingerprint density at radius 3 is 1.58 bits per heavy atom. The number of rotatable bonds is 5. The van der Waals surface area contributed by atoms with Gasteiger partial charge in [0.25, 0.3) is 0 Å². The van der Waals surface area contributed by atoms with Gasteiger partial charge in [0.05, 0.1) is 11.0 Å². The molecule has 4 nitrogen and oxygen atoms in total. The molecular formula is C55H42N4S. The molecule has 10 aromatic rings. The lowest BCUT2D eigenvalue weighted by Crippen LogP contribution is -2.25. The zero-order chi connectivity index (χ0) is 40.1. The van der Waals surface area contributed by atoms with Crippen molar-refractivity contribution in [3.05, 3.63) is 205 Å². The van der Waals surface area contributed by atoms with Crippen molar-refractivity contribution in [2.45, 2.75) is 37.6 Å². The third-order valence-corrected chi connectivity index (χ3v) is 13.9. The number of benzene rings is 8. The van der Waals surface area contributed by atoms with Gasteiger partial charge in [-0.15, -0.1) is 0 Å². The Bertz CT molecular complexity index is 3320. The summed E-state index contributed by atoms with van der Waals surface area (Å²) in [6, 6.07) is 64.3. The van der Waals surface area contributed by atoms with Gasteiger partial charge in [-0.3, -0.25) is 4.99 Å². The third kappa shape index (κ3) is 5.35. The summed E-state index contributed by atoms with van der Waals surface area (Å²) in [6.45, 7) is 7.05. The number of para-hydroxylation sites is 3. The van der Waals surface area contributed by atoms with Gasteiger partial charge in [0, 0.05) is 62.4 Å². The second kappa shape index (κ2) is 13.4. The Hall–Kier alpha value is -6.82. The van der Waals surface area contributed by atoms with Crippen LogP contribution in [0.4, 0.5) is 11.4 Å². The molecule has 60 heavy (non-hydrogen) atoms. The highest BCUT2D eigenvalue weighted by Gasteiger charge is 2.46. The Kier molecular flexibility index (Phi) is 7.82. The van der Waals surface area contributed by atoms with Crippen molar-refractivity contribution in [1.82, 2.24) is 9.13 Å². The smallest absolute Gasteiger partial charge is 0.113 e. The minimum Gasteiger partial charge on any atom is -0.326 e. The van der Waals surface area contributed by atoms with Crippen molar-refractivity contribution in [3.8, 4) is 22.5 Å². The summed E-state index contributed by atoms with van der Waals surface area (Å²) in [5.74, 6) is 0. The average molecular weight is 791 g/mol. The summed E-state index contributed by atoms with van der Waals surface area (Å²) in [5, 5.41) is 8.81. The number of fused-ring (bicyclic) bond motifs is 11. The van der Waals surface area contributed by atoms with Crippen LogP contribution in [0.5, 0.6) is 0 Å². The highest BCUT2D eigenvalue weighted by atomic mass is 32.2. The van der Waals surface area contributed by atoms with E-state index in [0.717, 1.165) is 16.4 Å². The topological polar surface area (TPSA) is 25.5 Å². The van der Waals surface area contributed by atoms with Crippen LogP contribution in [0.1, 0.15) is 43.5 Å². The Labute approximate surface area is 354 Å². The van der Waals surface area contributed by atoms with E-state index in [1.165, 1.54) is 82.5 Å². The molecule has 0 N–H and O–H groups in total. The minimum absolute atomic E-state index is 0.00801. The molecule has 0 radical (unpaired) electrons. The summed E-state index contributed by atoms with van der Waals surface area (Å²) in [4.78, 5) is 8.08. The van der Waals surface area contributed by atoms with Crippen molar-refractivity contribution in [1.29, 1.82) is 0 Å². The summed E-state index contributed by atoms with van der Waals surface area (Å²) in [7, 11) is 0. The van der Waals surface area contributed by atoms with Gasteiger partial charge >= 0.3 is 0 Å². The lowest BCUT2D eigenvalue weighted by atomic mass is 9.81. The SMILES string of the molecule is CC(C)(C)c1cc2c(c3ccc(-c4ccc5c(c4)c4ccn(-c6ccccc6)c4c4ccn(-c6ccccc6)c54)cc13)C1N=C(c3ccccc3)SC1N2c1ccccc1. The van der Waals surface area contributed by atoms with Gasteiger partial charge in [0.1, 0.15) is 16.5 Å². The van der Waals surface area contributed by atoms with Crippen LogP contribution >= 0.6 is 11.8 Å². The largest absolute Gasteiger partial charge is 0.326 e. The van der Waals surface area contributed by atoms with Gasteiger partial charge in [-0.2, -0.15) is 0 Å². The predicted molar refractivity (Wildman–Crippen MR) is 255 cm³/mol. The summed E-state index contributed by atoms with van der Waals surface area (Å²) >= 11 is 1.89. The molecule has 8 aromatic carbocycles. The first-order valence-corrected chi connectivity index (χ1v) is 21.7. The predicted octanol–water partition coefficient (Wildman–Crippen LogP) is 14.6. The lowest BCUT2D eigenvalue weighted by Gasteiger charge is -2.28.